The molecule has 0 radical (unpaired) electrons. The van der Waals surface area contributed by atoms with E-state index in [2.05, 4.69) is 10.4 Å². The fourth-order valence-electron chi connectivity index (χ4n) is 3.59. The number of aromatic nitrogens is 2. The van der Waals surface area contributed by atoms with E-state index in [0.717, 1.165) is 17.6 Å². The SMILES string of the molecule is CN1CCC2(CCN(C(=O)Nc3cnn(C)c3C(F)F)CC2)C1=O. The Morgan fingerprint density at radius 3 is 2.42 bits per heavy atom. The van der Waals surface area contributed by atoms with Gasteiger partial charge in [-0.05, 0) is 19.3 Å². The van der Waals surface area contributed by atoms with Crippen molar-refractivity contribution in [1.29, 1.82) is 0 Å². The van der Waals surface area contributed by atoms with Crippen LogP contribution in [0.2, 0.25) is 0 Å². The summed E-state index contributed by atoms with van der Waals surface area (Å²) in [4.78, 5) is 27.9. The summed E-state index contributed by atoms with van der Waals surface area (Å²) in [7, 11) is 3.20. The highest BCUT2D eigenvalue weighted by Gasteiger charge is 2.47. The first-order valence-electron chi connectivity index (χ1n) is 7.95. The number of carbonyl (C=O) groups excluding carboxylic acids is 2. The highest BCUT2D eigenvalue weighted by molar-refractivity contribution is 5.90. The van der Waals surface area contributed by atoms with Gasteiger partial charge in [0.05, 0.1) is 17.3 Å². The Kier molecular flexibility index (Phi) is 4.18. The van der Waals surface area contributed by atoms with Gasteiger partial charge in [0.15, 0.2) is 0 Å². The van der Waals surface area contributed by atoms with E-state index < -0.39 is 12.5 Å². The highest BCUT2D eigenvalue weighted by Crippen LogP contribution is 2.41. The predicted molar refractivity (Wildman–Crippen MR) is 82.7 cm³/mol. The van der Waals surface area contributed by atoms with Crippen molar-refractivity contribution >= 4 is 17.6 Å². The molecule has 24 heavy (non-hydrogen) atoms. The fraction of sp³-hybridized carbons (Fsp3) is 0.667. The molecular weight excluding hydrogens is 320 g/mol. The van der Waals surface area contributed by atoms with Crippen LogP contribution < -0.4 is 5.32 Å². The minimum Gasteiger partial charge on any atom is -0.345 e. The average molecular weight is 341 g/mol. The summed E-state index contributed by atoms with van der Waals surface area (Å²) in [5, 5.41) is 6.28. The number of rotatable bonds is 2. The van der Waals surface area contributed by atoms with Crippen molar-refractivity contribution in [2.75, 3.05) is 32.0 Å². The molecule has 1 aromatic rings. The fourth-order valence-corrected chi connectivity index (χ4v) is 3.59. The topological polar surface area (TPSA) is 70.5 Å². The van der Waals surface area contributed by atoms with Crippen LogP contribution >= 0.6 is 0 Å². The second-order valence-electron chi connectivity index (χ2n) is 6.54. The first-order valence-corrected chi connectivity index (χ1v) is 7.95. The number of nitrogens with zero attached hydrogens (tertiary/aromatic N) is 4. The average Bonchev–Trinajstić information content (AvgIpc) is 3.04. The molecular formula is C15H21F2N5O2. The molecule has 7 nitrogen and oxygen atoms in total. The van der Waals surface area contributed by atoms with Crippen molar-refractivity contribution < 1.29 is 18.4 Å². The molecule has 3 amide bonds. The maximum atomic E-state index is 13.0. The zero-order valence-electron chi connectivity index (χ0n) is 13.8. The summed E-state index contributed by atoms with van der Waals surface area (Å²) in [5.41, 5.74) is -0.646. The molecule has 0 bridgehead atoms. The maximum Gasteiger partial charge on any atom is 0.321 e. The molecule has 3 rings (SSSR count). The Morgan fingerprint density at radius 2 is 1.88 bits per heavy atom. The maximum absolute atomic E-state index is 13.0. The van der Waals surface area contributed by atoms with E-state index in [4.69, 9.17) is 0 Å². The van der Waals surface area contributed by atoms with E-state index in [1.807, 2.05) is 0 Å². The first-order chi connectivity index (χ1) is 11.3. The van der Waals surface area contributed by atoms with E-state index >= 15 is 0 Å². The quantitative estimate of drug-likeness (QED) is 0.892. The third-order valence-corrected chi connectivity index (χ3v) is 5.17. The normalized spacial score (nSPS) is 20.3. The van der Waals surface area contributed by atoms with Crippen molar-refractivity contribution in [3.63, 3.8) is 0 Å². The van der Waals surface area contributed by atoms with Gasteiger partial charge in [0.25, 0.3) is 6.43 Å². The van der Waals surface area contributed by atoms with Crippen LogP contribution in [-0.2, 0) is 11.8 Å². The van der Waals surface area contributed by atoms with Crippen LogP contribution in [0.5, 0.6) is 0 Å². The summed E-state index contributed by atoms with van der Waals surface area (Å²) in [6.45, 7) is 1.63. The van der Waals surface area contributed by atoms with Crippen LogP contribution in [0.1, 0.15) is 31.4 Å². The number of piperidine rings is 1. The van der Waals surface area contributed by atoms with Gasteiger partial charge in [0.2, 0.25) is 5.91 Å². The number of hydrogen-bond acceptors (Lipinski definition) is 3. The van der Waals surface area contributed by atoms with Crippen LogP contribution in [0.4, 0.5) is 19.3 Å². The number of anilines is 1. The first kappa shape index (κ1) is 16.7. The van der Waals surface area contributed by atoms with Gasteiger partial charge in [-0.1, -0.05) is 0 Å². The number of carbonyl (C=O) groups is 2. The molecule has 1 spiro atoms. The van der Waals surface area contributed by atoms with Gasteiger partial charge in [-0.25, -0.2) is 13.6 Å². The van der Waals surface area contributed by atoms with E-state index in [-0.39, 0.29) is 22.7 Å². The minimum atomic E-state index is -2.72. The Balaban J connectivity index is 1.63. The number of hydrogen-bond donors (Lipinski definition) is 1. The summed E-state index contributed by atoms with van der Waals surface area (Å²) < 4.78 is 27.1. The number of amides is 3. The second kappa shape index (κ2) is 6.03. The lowest BCUT2D eigenvalue weighted by Gasteiger charge is -2.37. The van der Waals surface area contributed by atoms with Crippen LogP contribution in [0.3, 0.4) is 0 Å². The smallest absolute Gasteiger partial charge is 0.321 e. The number of urea groups is 1. The molecule has 0 atom stereocenters. The molecule has 2 saturated heterocycles. The lowest BCUT2D eigenvalue weighted by atomic mass is 9.77. The van der Waals surface area contributed by atoms with Crippen molar-refractivity contribution in [3.8, 4) is 0 Å². The highest BCUT2D eigenvalue weighted by atomic mass is 19.3. The van der Waals surface area contributed by atoms with E-state index in [9.17, 15) is 18.4 Å². The molecule has 0 unspecified atom stereocenters. The van der Waals surface area contributed by atoms with Crippen LogP contribution in [0, 0.1) is 5.41 Å². The second-order valence-corrected chi connectivity index (χ2v) is 6.54. The molecule has 0 aromatic carbocycles. The number of alkyl halides is 2. The van der Waals surface area contributed by atoms with Crippen LogP contribution in [0.15, 0.2) is 6.20 Å². The van der Waals surface area contributed by atoms with Gasteiger partial charge < -0.3 is 15.1 Å². The Bertz CT molecular complexity index is 652. The molecule has 0 aliphatic carbocycles. The Hall–Kier alpha value is -2.19. The van der Waals surface area contributed by atoms with E-state index in [1.54, 1.807) is 16.8 Å². The summed E-state index contributed by atoms with van der Waals surface area (Å²) >= 11 is 0. The molecule has 2 aliphatic rings. The molecule has 2 aliphatic heterocycles. The van der Waals surface area contributed by atoms with E-state index in [1.165, 1.54) is 13.2 Å². The van der Waals surface area contributed by atoms with Gasteiger partial charge in [-0.2, -0.15) is 5.10 Å². The van der Waals surface area contributed by atoms with Crippen LogP contribution in [0.25, 0.3) is 0 Å². The molecule has 2 fully saturated rings. The van der Waals surface area contributed by atoms with Crippen molar-refractivity contribution in [1.82, 2.24) is 19.6 Å². The van der Waals surface area contributed by atoms with Crippen molar-refractivity contribution in [2.24, 2.45) is 12.5 Å². The molecule has 0 saturated carbocycles. The predicted octanol–water partition coefficient (Wildman–Crippen LogP) is 1.83. The minimum absolute atomic E-state index is 0.0227. The van der Waals surface area contributed by atoms with Gasteiger partial charge >= 0.3 is 6.03 Å². The molecule has 1 N–H and O–H groups in total. The van der Waals surface area contributed by atoms with Crippen molar-refractivity contribution in [3.05, 3.63) is 11.9 Å². The summed E-state index contributed by atoms with van der Waals surface area (Å²) in [6, 6.07) is -0.432. The zero-order valence-corrected chi connectivity index (χ0v) is 13.8. The van der Waals surface area contributed by atoms with Crippen LogP contribution in [-0.4, -0.2) is 58.2 Å². The molecule has 132 valence electrons. The largest absolute Gasteiger partial charge is 0.345 e. The number of likely N-dealkylation sites (tertiary alicyclic amines) is 2. The Morgan fingerprint density at radius 1 is 1.25 bits per heavy atom. The third kappa shape index (κ3) is 2.71. The van der Waals surface area contributed by atoms with Crippen molar-refractivity contribution in [2.45, 2.75) is 25.7 Å². The monoisotopic (exact) mass is 341 g/mol. The summed E-state index contributed by atoms with van der Waals surface area (Å²) in [6.07, 6.45) is 0.538. The molecule has 1 aromatic heterocycles. The van der Waals surface area contributed by atoms with E-state index in [0.29, 0.717) is 25.9 Å². The standard InChI is InChI=1S/C15H21F2N5O2/c1-20-6-3-15(13(20)23)4-7-22(8-5-15)14(24)19-10-9-18-21(2)11(10)12(16)17/h9,12H,3-8H2,1-2H3,(H,19,24). The molecule has 9 heteroatoms. The number of aryl methyl sites for hydroxylation is 1. The Labute approximate surface area is 138 Å². The third-order valence-electron chi connectivity index (χ3n) is 5.17. The molecule has 3 heterocycles. The number of halogens is 2. The van der Waals surface area contributed by atoms with Gasteiger partial charge in [0.1, 0.15) is 5.69 Å². The van der Waals surface area contributed by atoms with Gasteiger partial charge in [-0.3, -0.25) is 9.48 Å². The summed E-state index contributed by atoms with van der Waals surface area (Å²) in [5.74, 6) is 0.148. The van der Waals surface area contributed by atoms with Gasteiger partial charge in [-0.15, -0.1) is 0 Å². The van der Waals surface area contributed by atoms with Gasteiger partial charge in [0, 0.05) is 33.7 Å². The lowest BCUT2D eigenvalue weighted by molar-refractivity contribution is -0.136. The lowest BCUT2D eigenvalue weighted by Crippen LogP contribution is -2.47. The number of nitrogens with one attached hydrogen (secondary N) is 1. The zero-order chi connectivity index (χ0) is 17.5.